The number of H-pyrrole nitrogens is 1. The molecule has 3 aromatic rings. The molecule has 0 spiro atoms. The van der Waals surface area contributed by atoms with Gasteiger partial charge < -0.3 is 4.98 Å². The lowest BCUT2D eigenvalue weighted by atomic mass is 10.1. The van der Waals surface area contributed by atoms with Crippen molar-refractivity contribution in [1.29, 1.82) is 0 Å². The van der Waals surface area contributed by atoms with Gasteiger partial charge in [-0.05, 0) is 17.7 Å². The Morgan fingerprint density at radius 3 is 2.92 bits per heavy atom. The summed E-state index contributed by atoms with van der Waals surface area (Å²) in [4.78, 5) is 12.6. The summed E-state index contributed by atoms with van der Waals surface area (Å²) in [5, 5.41) is 1.15. The second kappa shape index (κ2) is 6.10. The molecule has 25 heavy (non-hydrogen) atoms. The van der Waals surface area contributed by atoms with E-state index in [0.29, 0.717) is 25.2 Å². The Labute approximate surface area is 150 Å². The van der Waals surface area contributed by atoms with E-state index in [1.54, 1.807) is 0 Å². The molecule has 0 bridgehead atoms. The van der Waals surface area contributed by atoms with Crippen molar-refractivity contribution < 1.29 is 13.2 Å². The number of aromatic amines is 1. The number of nitrogens with zero attached hydrogens (tertiary/aromatic N) is 3. The number of hydrogen-bond donors (Lipinski definition) is 1. The number of aromatic nitrogens is 3. The molecule has 8 heteroatoms. The smallest absolute Gasteiger partial charge is 0.361 e. The summed E-state index contributed by atoms with van der Waals surface area (Å²) in [6, 6.07) is 6.08. The van der Waals surface area contributed by atoms with Gasteiger partial charge >= 0.3 is 6.18 Å². The van der Waals surface area contributed by atoms with Crippen LogP contribution in [0.5, 0.6) is 0 Å². The lowest BCUT2D eigenvalue weighted by Gasteiger charge is -2.28. The Bertz CT molecular complexity index is 935. The molecule has 0 atom stereocenters. The van der Waals surface area contributed by atoms with Crippen molar-refractivity contribution in [3.8, 4) is 0 Å². The van der Waals surface area contributed by atoms with E-state index in [4.69, 9.17) is 0 Å². The lowest BCUT2D eigenvalue weighted by molar-refractivity contribution is -0.145. The largest absolute Gasteiger partial charge is 0.451 e. The van der Waals surface area contributed by atoms with Crippen LogP contribution in [0.2, 0.25) is 0 Å². The summed E-state index contributed by atoms with van der Waals surface area (Å²) < 4.78 is 39.2. The van der Waals surface area contributed by atoms with Crippen molar-refractivity contribution in [2.24, 2.45) is 0 Å². The maximum absolute atomic E-state index is 12.7. The van der Waals surface area contributed by atoms with E-state index in [9.17, 15) is 13.2 Å². The average Bonchev–Trinajstić information content (AvgIpc) is 2.95. The van der Waals surface area contributed by atoms with Crippen LogP contribution in [0.4, 0.5) is 13.2 Å². The maximum atomic E-state index is 12.7. The predicted molar refractivity (Wildman–Crippen MR) is 90.9 cm³/mol. The molecule has 0 aliphatic carbocycles. The molecule has 0 amide bonds. The van der Waals surface area contributed by atoms with Crippen molar-refractivity contribution in [3.05, 3.63) is 57.7 Å². The van der Waals surface area contributed by atoms with Crippen molar-refractivity contribution in [3.63, 3.8) is 0 Å². The Balaban J connectivity index is 1.54. The highest BCUT2D eigenvalue weighted by molar-refractivity contribution is 9.10. The molecule has 0 saturated heterocycles. The van der Waals surface area contributed by atoms with E-state index in [1.807, 2.05) is 18.3 Å². The number of alkyl halides is 3. The van der Waals surface area contributed by atoms with Gasteiger partial charge in [0.25, 0.3) is 0 Å². The second-order valence-electron chi connectivity index (χ2n) is 6.13. The average molecular weight is 411 g/mol. The summed E-state index contributed by atoms with van der Waals surface area (Å²) in [6.07, 6.45) is -0.709. The molecule has 1 aliphatic rings. The highest BCUT2D eigenvalue weighted by atomic mass is 79.9. The van der Waals surface area contributed by atoms with E-state index in [-0.39, 0.29) is 0 Å². The molecule has 0 unspecified atom stereocenters. The first-order chi connectivity index (χ1) is 11.9. The SMILES string of the molecule is FC(F)(F)c1ncc2c(n1)CCN(Cc1c[nH]c3cc(Br)ccc13)C2. The molecule has 1 aliphatic heterocycles. The number of benzene rings is 1. The molecule has 4 nitrogen and oxygen atoms in total. The van der Waals surface area contributed by atoms with Gasteiger partial charge in [0.05, 0.1) is 5.69 Å². The molecule has 0 saturated carbocycles. The van der Waals surface area contributed by atoms with Crippen molar-refractivity contribution in [2.75, 3.05) is 6.54 Å². The number of halogens is 4. The minimum atomic E-state index is -4.50. The molecule has 4 rings (SSSR count). The van der Waals surface area contributed by atoms with Crippen LogP contribution in [0.25, 0.3) is 10.9 Å². The Kier molecular flexibility index (Phi) is 4.04. The topological polar surface area (TPSA) is 44.8 Å². The van der Waals surface area contributed by atoms with Crippen molar-refractivity contribution >= 4 is 26.8 Å². The predicted octanol–water partition coefficient (Wildman–Crippen LogP) is 4.30. The molecule has 0 radical (unpaired) electrons. The van der Waals surface area contributed by atoms with Gasteiger partial charge in [-0.25, -0.2) is 9.97 Å². The van der Waals surface area contributed by atoms with Crippen LogP contribution in [0.3, 0.4) is 0 Å². The van der Waals surface area contributed by atoms with Gasteiger partial charge in [-0.3, -0.25) is 4.90 Å². The summed E-state index contributed by atoms with van der Waals surface area (Å²) in [5.74, 6) is -1.05. The van der Waals surface area contributed by atoms with Crippen LogP contribution in [-0.2, 0) is 25.7 Å². The monoisotopic (exact) mass is 410 g/mol. The fraction of sp³-hybridized carbons (Fsp3) is 0.294. The van der Waals surface area contributed by atoms with E-state index in [1.165, 1.54) is 11.8 Å². The van der Waals surface area contributed by atoms with Crippen LogP contribution in [0.1, 0.15) is 22.6 Å². The van der Waals surface area contributed by atoms with Gasteiger partial charge in [-0.15, -0.1) is 0 Å². The number of hydrogen-bond acceptors (Lipinski definition) is 3. The zero-order valence-electron chi connectivity index (χ0n) is 13.1. The fourth-order valence-corrected chi connectivity index (χ4v) is 3.54. The lowest BCUT2D eigenvalue weighted by Crippen LogP contribution is -2.31. The summed E-state index contributed by atoms with van der Waals surface area (Å²) >= 11 is 3.45. The zero-order valence-corrected chi connectivity index (χ0v) is 14.7. The summed E-state index contributed by atoms with van der Waals surface area (Å²) in [5.41, 5.74) is 3.49. The zero-order chi connectivity index (χ0) is 17.6. The van der Waals surface area contributed by atoms with E-state index >= 15 is 0 Å². The third-order valence-corrected chi connectivity index (χ3v) is 4.88. The van der Waals surface area contributed by atoms with E-state index < -0.39 is 12.0 Å². The van der Waals surface area contributed by atoms with E-state index in [2.05, 4.69) is 41.8 Å². The molecule has 130 valence electrons. The Morgan fingerprint density at radius 2 is 2.12 bits per heavy atom. The normalized spacial score (nSPS) is 15.5. The Hall–Kier alpha value is -1.93. The van der Waals surface area contributed by atoms with Gasteiger partial charge in [0.2, 0.25) is 5.82 Å². The minimum Gasteiger partial charge on any atom is -0.361 e. The van der Waals surface area contributed by atoms with Gasteiger partial charge in [-0.1, -0.05) is 22.0 Å². The van der Waals surface area contributed by atoms with Crippen molar-refractivity contribution in [1.82, 2.24) is 19.9 Å². The third-order valence-electron chi connectivity index (χ3n) is 4.39. The van der Waals surface area contributed by atoms with Gasteiger partial charge in [0, 0.05) is 59.4 Å². The first-order valence-electron chi connectivity index (χ1n) is 7.80. The molecule has 2 aromatic heterocycles. The standard InChI is InChI=1S/C17H14BrF3N4/c18-12-1-2-13-10(6-22-15(13)5-12)8-25-4-3-14-11(9-25)7-23-16(24-14)17(19,20)21/h1-2,5-7,22H,3-4,8-9H2. The highest BCUT2D eigenvalue weighted by Gasteiger charge is 2.35. The fourth-order valence-electron chi connectivity index (χ4n) is 3.18. The van der Waals surface area contributed by atoms with Crippen LogP contribution >= 0.6 is 15.9 Å². The van der Waals surface area contributed by atoms with Crippen LogP contribution in [-0.4, -0.2) is 26.4 Å². The first kappa shape index (κ1) is 16.5. The summed E-state index contributed by atoms with van der Waals surface area (Å²) in [7, 11) is 0. The molecule has 3 heterocycles. The van der Waals surface area contributed by atoms with Crippen LogP contribution in [0, 0.1) is 0 Å². The van der Waals surface area contributed by atoms with E-state index in [0.717, 1.165) is 27.5 Å². The molecular weight excluding hydrogens is 397 g/mol. The molecule has 0 fully saturated rings. The quantitative estimate of drug-likeness (QED) is 0.684. The van der Waals surface area contributed by atoms with Crippen LogP contribution in [0.15, 0.2) is 35.1 Å². The Morgan fingerprint density at radius 1 is 1.28 bits per heavy atom. The molecule has 1 N–H and O–H groups in total. The number of nitrogens with one attached hydrogen (secondary N) is 1. The highest BCUT2D eigenvalue weighted by Crippen LogP contribution is 2.29. The van der Waals surface area contributed by atoms with Crippen molar-refractivity contribution in [2.45, 2.75) is 25.7 Å². The second-order valence-corrected chi connectivity index (χ2v) is 7.04. The van der Waals surface area contributed by atoms with Gasteiger partial charge in [0.1, 0.15) is 0 Å². The summed E-state index contributed by atoms with van der Waals surface area (Å²) in [6.45, 7) is 1.95. The minimum absolute atomic E-state index is 0.495. The maximum Gasteiger partial charge on any atom is 0.451 e. The van der Waals surface area contributed by atoms with Gasteiger partial charge in [0.15, 0.2) is 0 Å². The molecule has 1 aromatic carbocycles. The number of fused-ring (bicyclic) bond motifs is 2. The molecular formula is C17H14BrF3N4. The van der Waals surface area contributed by atoms with Gasteiger partial charge in [-0.2, -0.15) is 13.2 Å². The first-order valence-corrected chi connectivity index (χ1v) is 8.59. The van der Waals surface area contributed by atoms with Crippen LogP contribution < -0.4 is 0 Å². The third kappa shape index (κ3) is 3.28. The number of rotatable bonds is 2.